The van der Waals surface area contributed by atoms with E-state index in [9.17, 15) is 4.79 Å². The molecule has 2 atom stereocenters. The molecule has 18 heavy (non-hydrogen) atoms. The van der Waals surface area contributed by atoms with Crippen molar-refractivity contribution in [3.05, 3.63) is 22.4 Å². The largest absolute Gasteiger partial charge is 0.468 e. The Kier molecular flexibility index (Phi) is 4.40. The van der Waals surface area contributed by atoms with E-state index in [1.54, 1.807) is 11.3 Å². The quantitative estimate of drug-likeness (QED) is 0.834. The lowest BCUT2D eigenvalue weighted by Crippen LogP contribution is -2.54. The average Bonchev–Trinajstić information content (AvgIpc) is 3.04. The molecule has 1 aliphatic rings. The highest BCUT2D eigenvalue weighted by molar-refractivity contribution is 7.09. The Hall–Kier alpha value is -0.870. The van der Waals surface area contributed by atoms with Crippen LogP contribution in [-0.4, -0.2) is 18.6 Å². The summed E-state index contributed by atoms with van der Waals surface area (Å²) in [4.78, 5) is 13.4. The van der Waals surface area contributed by atoms with Gasteiger partial charge in [0.15, 0.2) is 0 Å². The molecule has 0 aliphatic heterocycles. The first-order chi connectivity index (χ1) is 8.73. The zero-order chi connectivity index (χ0) is 13.0. The summed E-state index contributed by atoms with van der Waals surface area (Å²) in [6.45, 7) is 2.91. The summed E-state index contributed by atoms with van der Waals surface area (Å²) in [6.07, 6.45) is 4.13. The third-order valence-electron chi connectivity index (χ3n) is 4.02. The van der Waals surface area contributed by atoms with Crippen LogP contribution in [0.1, 0.15) is 37.5 Å². The highest BCUT2D eigenvalue weighted by Gasteiger charge is 2.48. The van der Waals surface area contributed by atoms with Crippen molar-refractivity contribution >= 4 is 17.3 Å². The summed E-state index contributed by atoms with van der Waals surface area (Å²) in [5.41, 5.74) is -0.465. The van der Waals surface area contributed by atoms with Gasteiger partial charge in [0.1, 0.15) is 5.54 Å². The van der Waals surface area contributed by atoms with Crippen molar-refractivity contribution in [1.82, 2.24) is 5.32 Å². The minimum atomic E-state index is -0.465. The number of carbonyl (C=O) groups excluding carboxylic acids is 1. The summed E-state index contributed by atoms with van der Waals surface area (Å²) in [5.74, 6) is 0.299. The molecule has 1 heterocycles. The maximum atomic E-state index is 12.2. The smallest absolute Gasteiger partial charge is 0.326 e. The molecule has 1 saturated carbocycles. The molecular weight excluding hydrogens is 246 g/mol. The molecular formula is C14H21NO2S. The minimum Gasteiger partial charge on any atom is -0.468 e. The zero-order valence-corrected chi connectivity index (χ0v) is 11.9. The van der Waals surface area contributed by atoms with Crippen LogP contribution in [0.4, 0.5) is 0 Å². The number of esters is 1. The molecule has 2 unspecified atom stereocenters. The van der Waals surface area contributed by atoms with Gasteiger partial charge in [-0.05, 0) is 30.2 Å². The highest BCUT2D eigenvalue weighted by Crippen LogP contribution is 2.39. The van der Waals surface area contributed by atoms with Crippen LogP contribution in [0.3, 0.4) is 0 Å². The molecule has 0 aromatic carbocycles. The molecule has 0 bridgehead atoms. The third kappa shape index (κ3) is 2.45. The van der Waals surface area contributed by atoms with Gasteiger partial charge in [-0.2, -0.15) is 0 Å². The van der Waals surface area contributed by atoms with E-state index < -0.39 is 5.54 Å². The fraction of sp³-hybridized carbons (Fsp3) is 0.643. The number of ether oxygens (including phenoxy) is 1. The van der Waals surface area contributed by atoms with Crippen LogP contribution in [0.25, 0.3) is 0 Å². The van der Waals surface area contributed by atoms with Crippen molar-refractivity contribution in [2.24, 2.45) is 5.92 Å². The van der Waals surface area contributed by atoms with Crippen LogP contribution in [-0.2, 0) is 16.1 Å². The van der Waals surface area contributed by atoms with Gasteiger partial charge in [-0.1, -0.05) is 25.8 Å². The molecule has 0 saturated heterocycles. The van der Waals surface area contributed by atoms with Crippen molar-refractivity contribution in [1.29, 1.82) is 0 Å². The van der Waals surface area contributed by atoms with Crippen molar-refractivity contribution in [3.63, 3.8) is 0 Å². The topological polar surface area (TPSA) is 38.3 Å². The standard InChI is InChI=1S/C14H21NO2S/c1-3-11-6-4-8-14(11,13(16)17-2)15-10-12-7-5-9-18-12/h5,7,9,11,15H,3-4,6,8,10H2,1-2H3. The highest BCUT2D eigenvalue weighted by atomic mass is 32.1. The van der Waals surface area contributed by atoms with Crippen molar-refractivity contribution in [2.75, 3.05) is 7.11 Å². The number of carbonyl (C=O) groups is 1. The normalized spacial score (nSPS) is 27.3. The van der Waals surface area contributed by atoms with Crippen LogP contribution >= 0.6 is 11.3 Å². The van der Waals surface area contributed by atoms with E-state index in [0.29, 0.717) is 5.92 Å². The van der Waals surface area contributed by atoms with E-state index in [1.807, 2.05) is 6.07 Å². The van der Waals surface area contributed by atoms with Crippen LogP contribution in [0.5, 0.6) is 0 Å². The SMILES string of the molecule is CCC1CCCC1(NCc1cccs1)C(=O)OC. The Morgan fingerprint density at radius 2 is 2.50 bits per heavy atom. The van der Waals surface area contributed by atoms with Gasteiger partial charge in [0.2, 0.25) is 0 Å². The maximum Gasteiger partial charge on any atom is 0.326 e. The third-order valence-corrected chi connectivity index (χ3v) is 4.90. The Labute approximate surface area is 113 Å². The molecule has 1 aliphatic carbocycles. The zero-order valence-electron chi connectivity index (χ0n) is 11.1. The van der Waals surface area contributed by atoms with E-state index in [4.69, 9.17) is 4.74 Å². The monoisotopic (exact) mass is 267 g/mol. The molecule has 3 nitrogen and oxygen atoms in total. The first kappa shape index (κ1) is 13.6. The Morgan fingerprint density at radius 1 is 1.67 bits per heavy atom. The lowest BCUT2D eigenvalue weighted by atomic mass is 9.85. The number of rotatable bonds is 5. The average molecular weight is 267 g/mol. The van der Waals surface area contributed by atoms with Crippen molar-refractivity contribution in [2.45, 2.75) is 44.7 Å². The molecule has 1 aromatic heterocycles. The number of thiophene rings is 1. The van der Waals surface area contributed by atoms with Crippen LogP contribution < -0.4 is 5.32 Å². The lowest BCUT2D eigenvalue weighted by Gasteiger charge is -2.33. The summed E-state index contributed by atoms with van der Waals surface area (Å²) in [6, 6.07) is 4.14. The van der Waals surface area contributed by atoms with E-state index in [-0.39, 0.29) is 5.97 Å². The summed E-state index contributed by atoms with van der Waals surface area (Å²) < 4.78 is 5.04. The first-order valence-electron chi connectivity index (χ1n) is 6.58. The first-order valence-corrected chi connectivity index (χ1v) is 7.46. The molecule has 0 spiro atoms. The molecule has 1 fully saturated rings. The van der Waals surface area contributed by atoms with E-state index in [1.165, 1.54) is 12.0 Å². The molecule has 0 amide bonds. The van der Waals surface area contributed by atoms with E-state index >= 15 is 0 Å². The van der Waals surface area contributed by atoms with Gasteiger partial charge >= 0.3 is 5.97 Å². The van der Waals surface area contributed by atoms with Gasteiger partial charge in [0, 0.05) is 11.4 Å². The van der Waals surface area contributed by atoms with E-state index in [0.717, 1.165) is 32.2 Å². The number of hydrogen-bond donors (Lipinski definition) is 1. The Morgan fingerprint density at radius 3 is 3.11 bits per heavy atom. The number of methoxy groups -OCH3 is 1. The molecule has 0 radical (unpaired) electrons. The molecule has 1 N–H and O–H groups in total. The van der Waals surface area contributed by atoms with Crippen LogP contribution in [0, 0.1) is 5.92 Å². The summed E-state index contributed by atoms with van der Waals surface area (Å²) in [7, 11) is 1.49. The second kappa shape index (κ2) is 5.85. The van der Waals surface area contributed by atoms with Gasteiger partial charge in [-0.3, -0.25) is 10.1 Å². The van der Waals surface area contributed by atoms with Crippen molar-refractivity contribution < 1.29 is 9.53 Å². The number of hydrogen-bond acceptors (Lipinski definition) is 4. The Bertz CT molecular complexity index is 391. The predicted molar refractivity (Wildman–Crippen MR) is 73.5 cm³/mol. The summed E-state index contributed by atoms with van der Waals surface area (Å²) in [5, 5.41) is 5.55. The molecule has 4 heteroatoms. The van der Waals surface area contributed by atoms with Gasteiger partial charge < -0.3 is 4.74 Å². The second-order valence-corrected chi connectivity index (χ2v) is 5.93. The van der Waals surface area contributed by atoms with E-state index in [2.05, 4.69) is 23.7 Å². The predicted octanol–water partition coefficient (Wildman–Crippen LogP) is 2.96. The van der Waals surface area contributed by atoms with Gasteiger partial charge in [-0.15, -0.1) is 11.3 Å². The van der Waals surface area contributed by atoms with Gasteiger partial charge in [0.05, 0.1) is 7.11 Å². The molecule has 1 aromatic rings. The van der Waals surface area contributed by atoms with Crippen LogP contribution in [0.2, 0.25) is 0 Å². The Balaban J connectivity index is 2.12. The van der Waals surface area contributed by atoms with Gasteiger partial charge in [-0.25, -0.2) is 0 Å². The molecule has 2 rings (SSSR count). The minimum absolute atomic E-state index is 0.0941. The fourth-order valence-electron chi connectivity index (χ4n) is 3.04. The van der Waals surface area contributed by atoms with Crippen molar-refractivity contribution in [3.8, 4) is 0 Å². The fourth-order valence-corrected chi connectivity index (χ4v) is 3.69. The van der Waals surface area contributed by atoms with Crippen LogP contribution in [0.15, 0.2) is 17.5 Å². The second-order valence-electron chi connectivity index (χ2n) is 4.89. The molecule has 100 valence electrons. The van der Waals surface area contributed by atoms with Gasteiger partial charge in [0.25, 0.3) is 0 Å². The lowest BCUT2D eigenvalue weighted by molar-refractivity contribution is -0.150. The number of nitrogens with one attached hydrogen (secondary N) is 1. The summed E-state index contributed by atoms with van der Waals surface area (Å²) >= 11 is 1.72. The maximum absolute atomic E-state index is 12.2.